The third-order valence-corrected chi connectivity index (χ3v) is 1.98. The van der Waals surface area contributed by atoms with E-state index in [9.17, 15) is 8.42 Å². The molecule has 0 amide bonds. The molecule has 0 saturated heterocycles. The van der Waals surface area contributed by atoms with E-state index in [1.54, 1.807) is 0 Å². The molecule has 0 bridgehead atoms. The Bertz CT molecular complexity index is 159. The molecule has 2 radical (unpaired) electrons. The van der Waals surface area contributed by atoms with Crippen molar-refractivity contribution in [3.8, 4) is 0 Å². The second kappa shape index (κ2) is 3.47. The zero-order valence-corrected chi connectivity index (χ0v) is 8.31. The number of rotatable bonds is 3. The molecule has 5 heteroatoms. The standard InChI is InChI=1S/C3H5O3S.Sn.H/c1-2-3-6-7(4)5;;/h2H,1,3H2;;. The number of hydrogen-bond acceptors (Lipinski definition) is 3. The summed E-state index contributed by atoms with van der Waals surface area (Å²) in [5.41, 5.74) is 0. The van der Waals surface area contributed by atoms with Gasteiger partial charge in [0.1, 0.15) is 0 Å². The summed E-state index contributed by atoms with van der Waals surface area (Å²) < 4.78 is 24.6. The zero-order chi connectivity index (χ0) is 6.62. The summed E-state index contributed by atoms with van der Waals surface area (Å²) in [6, 6.07) is 0. The number of hydrogen-bond donors (Lipinski definition) is 0. The van der Waals surface area contributed by atoms with Gasteiger partial charge in [0.15, 0.2) is 0 Å². The summed E-state index contributed by atoms with van der Waals surface area (Å²) in [5.74, 6) is 0. The predicted octanol–water partition coefficient (Wildman–Crippen LogP) is -0.665. The van der Waals surface area contributed by atoms with Crippen molar-refractivity contribution in [1.82, 2.24) is 0 Å². The summed E-state index contributed by atoms with van der Waals surface area (Å²) >= 11 is 0.105. The van der Waals surface area contributed by atoms with Gasteiger partial charge in [0.25, 0.3) is 0 Å². The van der Waals surface area contributed by atoms with E-state index in [0.29, 0.717) is 0 Å². The van der Waals surface area contributed by atoms with Crippen LogP contribution in [0.3, 0.4) is 0 Å². The molecule has 0 rings (SSSR count). The molecule has 0 heterocycles. The Labute approximate surface area is 60.4 Å². The minimum atomic E-state index is -3.13. The average molecular weight is 241 g/mol. The molecule has 0 atom stereocenters. The molecule has 0 aromatic carbocycles. The first-order valence-corrected chi connectivity index (χ1v) is 7.35. The fraction of sp³-hybridized carbons (Fsp3) is 0.333. The van der Waals surface area contributed by atoms with Gasteiger partial charge < -0.3 is 0 Å². The molecule has 0 aromatic heterocycles. The van der Waals surface area contributed by atoms with Crippen molar-refractivity contribution in [2.24, 2.45) is 0 Å². The molecule has 0 saturated carbocycles. The van der Waals surface area contributed by atoms with Crippen LogP contribution in [0.15, 0.2) is 12.7 Å². The zero-order valence-electron chi connectivity index (χ0n) is 4.20. The summed E-state index contributed by atoms with van der Waals surface area (Å²) in [6.07, 6.45) is 1.40. The van der Waals surface area contributed by atoms with Crippen LogP contribution in [0.25, 0.3) is 0 Å². The van der Waals surface area contributed by atoms with E-state index in [1.165, 1.54) is 6.08 Å². The van der Waals surface area contributed by atoms with Gasteiger partial charge in [0, 0.05) is 0 Å². The predicted molar refractivity (Wildman–Crippen MR) is 32.2 cm³/mol. The van der Waals surface area contributed by atoms with Crippen LogP contribution in [0, 0.1) is 0 Å². The molecule has 0 aromatic rings. The molecule has 0 fully saturated rings. The Hall–Kier alpha value is 0.449. The first kappa shape index (κ1) is 8.45. The van der Waals surface area contributed by atoms with Crippen LogP contribution in [-0.4, -0.2) is 36.2 Å². The van der Waals surface area contributed by atoms with Gasteiger partial charge >= 0.3 is 60.3 Å². The molecule has 0 unspecified atom stereocenters. The molecule has 0 N–H and O–H groups in total. The molecule has 46 valence electrons. The molecular weight excluding hydrogens is 235 g/mol. The van der Waals surface area contributed by atoms with Crippen molar-refractivity contribution < 1.29 is 12.6 Å². The maximum absolute atomic E-state index is 10.2. The monoisotopic (exact) mass is 242 g/mol. The van der Waals surface area contributed by atoms with Gasteiger partial charge in [-0.3, -0.25) is 0 Å². The quantitative estimate of drug-likeness (QED) is 0.486. The van der Waals surface area contributed by atoms with Gasteiger partial charge in [0.05, 0.1) is 0 Å². The molecule has 0 aliphatic heterocycles. The fourth-order valence-electron chi connectivity index (χ4n) is 0.143. The van der Waals surface area contributed by atoms with Gasteiger partial charge in [-0.1, -0.05) is 0 Å². The van der Waals surface area contributed by atoms with Crippen LogP contribution < -0.4 is 0 Å². The Balaban J connectivity index is 3.57. The Morgan fingerprint density at radius 3 is 2.38 bits per heavy atom. The van der Waals surface area contributed by atoms with E-state index < -0.39 is 7.30 Å². The van der Waals surface area contributed by atoms with Crippen molar-refractivity contribution in [2.45, 2.75) is 0 Å². The van der Waals surface area contributed by atoms with Crippen molar-refractivity contribution in [2.75, 3.05) is 6.61 Å². The van der Waals surface area contributed by atoms with Crippen LogP contribution in [0.4, 0.5) is 0 Å². The third kappa shape index (κ3) is 6.45. The van der Waals surface area contributed by atoms with E-state index >= 15 is 0 Å². The molecule has 0 spiro atoms. The molecule has 8 heavy (non-hydrogen) atoms. The van der Waals surface area contributed by atoms with Gasteiger partial charge in [0.2, 0.25) is 0 Å². The summed E-state index contributed by atoms with van der Waals surface area (Å²) in [5, 5.41) is 0. The summed E-state index contributed by atoms with van der Waals surface area (Å²) in [7, 11) is -3.13. The van der Waals surface area contributed by atoms with E-state index in [1.807, 2.05) is 0 Å². The topological polar surface area (TPSA) is 43.4 Å². The van der Waals surface area contributed by atoms with Crippen molar-refractivity contribution >= 4 is 28.4 Å². The SMILES string of the molecule is C=CCO[S](=O)(=O)[SnH]. The Kier molecular flexibility index (Phi) is 3.66. The maximum atomic E-state index is 10.2. The Morgan fingerprint density at radius 1 is 1.75 bits per heavy atom. The molecule has 3 nitrogen and oxygen atoms in total. The van der Waals surface area contributed by atoms with E-state index in [4.69, 9.17) is 0 Å². The van der Waals surface area contributed by atoms with Gasteiger partial charge in [-0.25, -0.2) is 0 Å². The Morgan fingerprint density at radius 2 is 2.25 bits per heavy atom. The van der Waals surface area contributed by atoms with Crippen LogP contribution in [0.5, 0.6) is 0 Å². The average Bonchev–Trinajstić information content (AvgIpc) is 1.59. The molecule has 0 aliphatic rings. The van der Waals surface area contributed by atoms with Gasteiger partial charge in [-0.15, -0.1) is 0 Å². The van der Waals surface area contributed by atoms with Crippen LogP contribution in [-0.2, 0) is 11.5 Å². The minimum absolute atomic E-state index is 0.0869. The first-order valence-electron chi connectivity index (χ1n) is 1.84. The van der Waals surface area contributed by atoms with Crippen molar-refractivity contribution in [3.63, 3.8) is 0 Å². The third-order valence-electron chi connectivity index (χ3n) is 0.350. The first-order chi connectivity index (χ1) is 3.56. The van der Waals surface area contributed by atoms with Crippen molar-refractivity contribution in [3.05, 3.63) is 12.7 Å². The van der Waals surface area contributed by atoms with Crippen LogP contribution >= 0.6 is 0 Å². The van der Waals surface area contributed by atoms with E-state index in [0.717, 1.165) is 0 Å². The van der Waals surface area contributed by atoms with Crippen molar-refractivity contribution in [1.29, 1.82) is 0 Å². The molecule has 0 aliphatic carbocycles. The van der Waals surface area contributed by atoms with E-state index in [-0.39, 0.29) is 27.7 Å². The molecular formula is C3H6O3SSn. The second-order valence-electron chi connectivity index (χ2n) is 1.07. The summed E-state index contributed by atoms with van der Waals surface area (Å²) in [6.45, 7) is 3.38. The van der Waals surface area contributed by atoms with Crippen LogP contribution in [0.1, 0.15) is 0 Å². The van der Waals surface area contributed by atoms with Crippen LogP contribution in [0.2, 0.25) is 0 Å². The van der Waals surface area contributed by atoms with Gasteiger partial charge in [-0.2, -0.15) is 0 Å². The normalized spacial score (nSPS) is 11.1. The second-order valence-corrected chi connectivity index (χ2v) is 7.23. The summed E-state index contributed by atoms with van der Waals surface area (Å²) in [4.78, 5) is 0. The fourth-order valence-corrected chi connectivity index (χ4v) is 1.10. The van der Waals surface area contributed by atoms with Gasteiger partial charge in [-0.05, 0) is 0 Å². The van der Waals surface area contributed by atoms with E-state index in [2.05, 4.69) is 10.8 Å².